The molecule has 15 heavy (non-hydrogen) atoms. The average Bonchev–Trinajstić information content (AvgIpc) is 2.96. The van der Waals surface area contributed by atoms with Crippen LogP contribution < -0.4 is 5.32 Å². The number of aryl methyl sites for hydroxylation is 1. The minimum absolute atomic E-state index is 0.420. The van der Waals surface area contributed by atoms with Gasteiger partial charge in [0.15, 0.2) is 0 Å². The lowest BCUT2D eigenvalue weighted by atomic mass is 10.2. The molecule has 1 aromatic heterocycles. The molecule has 2 rings (SSSR count). The first-order valence-electron chi connectivity index (χ1n) is 6.02. The molecular weight excluding hydrogens is 186 g/mol. The number of hydrogen-bond acceptors (Lipinski definition) is 2. The van der Waals surface area contributed by atoms with Crippen LogP contribution in [0.3, 0.4) is 0 Å². The third kappa shape index (κ3) is 2.81. The zero-order valence-electron chi connectivity index (χ0n) is 9.74. The van der Waals surface area contributed by atoms with E-state index in [1.807, 2.05) is 12.4 Å². The van der Waals surface area contributed by atoms with Crippen LogP contribution in [-0.4, -0.2) is 16.1 Å². The predicted octanol–water partition coefficient (Wildman–Crippen LogP) is 2.26. The monoisotopic (exact) mass is 207 g/mol. The van der Waals surface area contributed by atoms with Gasteiger partial charge in [-0.05, 0) is 25.3 Å². The van der Waals surface area contributed by atoms with Crippen LogP contribution >= 0.6 is 0 Å². The molecule has 1 saturated carbocycles. The van der Waals surface area contributed by atoms with Gasteiger partial charge in [-0.3, -0.25) is 0 Å². The molecule has 1 atom stereocenters. The highest BCUT2D eigenvalue weighted by molar-refractivity contribution is 4.98. The second-order valence-corrected chi connectivity index (χ2v) is 4.54. The molecule has 1 N–H and O–H groups in total. The largest absolute Gasteiger partial charge is 0.337 e. The maximum Gasteiger partial charge on any atom is 0.125 e. The van der Waals surface area contributed by atoms with Gasteiger partial charge in [-0.1, -0.05) is 19.8 Å². The van der Waals surface area contributed by atoms with Crippen LogP contribution in [0.25, 0.3) is 0 Å². The summed E-state index contributed by atoms with van der Waals surface area (Å²) in [6.07, 6.45) is 9.22. The van der Waals surface area contributed by atoms with E-state index in [9.17, 15) is 0 Å². The lowest BCUT2D eigenvalue weighted by Gasteiger charge is -2.16. The van der Waals surface area contributed by atoms with Crippen molar-refractivity contribution in [3.63, 3.8) is 0 Å². The van der Waals surface area contributed by atoms with E-state index in [0.29, 0.717) is 6.04 Å². The molecule has 0 radical (unpaired) electrons. The van der Waals surface area contributed by atoms with E-state index in [1.165, 1.54) is 19.3 Å². The van der Waals surface area contributed by atoms with Crippen molar-refractivity contribution in [1.29, 1.82) is 0 Å². The normalized spacial score (nSPS) is 18.0. The van der Waals surface area contributed by atoms with Gasteiger partial charge in [0, 0.05) is 19.4 Å². The molecule has 1 heterocycles. The summed E-state index contributed by atoms with van der Waals surface area (Å²) in [5.74, 6) is 2.17. The summed E-state index contributed by atoms with van der Waals surface area (Å²) in [5.41, 5.74) is 0. The van der Waals surface area contributed by atoms with Crippen LogP contribution in [0.4, 0.5) is 0 Å². The Hall–Kier alpha value is -0.830. The molecule has 0 spiro atoms. The van der Waals surface area contributed by atoms with E-state index in [4.69, 9.17) is 0 Å². The molecule has 0 aromatic carbocycles. The van der Waals surface area contributed by atoms with Gasteiger partial charge in [-0.15, -0.1) is 0 Å². The standard InChI is InChI=1S/C12H21N3/c1-3-11(12-14-8-9-15(12)2)13-7-6-10-4-5-10/h8-11,13H,3-7H2,1-2H3. The maximum atomic E-state index is 4.40. The summed E-state index contributed by atoms with van der Waals surface area (Å²) < 4.78 is 2.11. The van der Waals surface area contributed by atoms with Crippen molar-refractivity contribution in [3.8, 4) is 0 Å². The molecule has 0 bridgehead atoms. The Morgan fingerprint density at radius 3 is 2.93 bits per heavy atom. The molecule has 0 saturated heterocycles. The Balaban J connectivity index is 1.83. The molecule has 1 aromatic rings. The third-order valence-corrected chi connectivity index (χ3v) is 3.22. The van der Waals surface area contributed by atoms with Gasteiger partial charge in [0.25, 0.3) is 0 Å². The van der Waals surface area contributed by atoms with Gasteiger partial charge in [0.1, 0.15) is 5.82 Å². The predicted molar refractivity (Wildman–Crippen MR) is 61.6 cm³/mol. The molecule has 84 valence electrons. The maximum absolute atomic E-state index is 4.40. The number of hydrogen-bond donors (Lipinski definition) is 1. The van der Waals surface area contributed by atoms with Crippen LogP contribution in [0.2, 0.25) is 0 Å². The molecule has 1 aliphatic carbocycles. The lowest BCUT2D eigenvalue weighted by molar-refractivity contribution is 0.467. The number of aromatic nitrogens is 2. The Labute approximate surface area is 91.9 Å². The number of imidazole rings is 1. The van der Waals surface area contributed by atoms with Gasteiger partial charge in [-0.25, -0.2) is 4.98 Å². The number of rotatable bonds is 6. The van der Waals surface area contributed by atoms with Crippen molar-refractivity contribution in [2.24, 2.45) is 13.0 Å². The van der Waals surface area contributed by atoms with Crippen molar-refractivity contribution in [2.75, 3.05) is 6.54 Å². The summed E-state index contributed by atoms with van der Waals surface area (Å²) >= 11 is 0. The molecule has 3 nitrogen and oxygen atoms in total. The highest BCUT2D eigenvalue weighted by atomic mass is 15.1. The van der Waals surface area contributed by atoms with E-state index < -0.39 is 0 Å². The molecule has 0 aliphatic heterocycles. The fourth-order valence-electron chi connectivity index (χ4n) is 2.00. The molecule has 3 heteroatoms. The average molecular weight is 207 g/mol. The second kappa shape index (κ2) is 4.79. The fraction of sp³-hybridized carbons (Fsp3) is 0.750. The van der Waals surface area contributed by atoms with Crippen LogP contribution in [-0.2, 0) is 7.05 Å². The van der Waals surface area contributed by atoms with Gasteiger partial charge in [0.2, 0.25) is 0 Å². The lowest BCUT2D eigenvalue weighted by Crippen LogP contribution is -2.24. The van der Waals surface area contributed by atoms with Gasteiger partial charge >= 0.3 is 0 Å². The highest BCUT2D eigenvalue weighted by Gasteiger charge is 2.21. The summed E-state index contributed by atoms with van der Waals surface area (Å²) in [4.78, 5) is 4.40. The third-order valence-electron chi connectivity index (χ3n) is 3.22. The van der Waals surface area contributed by atoms with E-state index in [2.05, 4.69) is 28.8 Å². The van der Waals surface area contributed by atoms with E-state index >= 15 is 0 Å². The van der Waals surface area contributed by atoms with E-state index in [0.717, 1.165) is 24.7 Å². The first-order chi connectivity index (χ1) is 7.31. The van der Waals surface area contributed by atoms with E-state index in [-0.39, 0.29) is 0 Å². The summed E-state index contributed by atoms with van der Waals surface area (Å²) in [6, 6.07) is 0.420. The first-order valence-corrected chi connectivity index (χ1v) is 6.02. The van der Waals surface area contributed by atoms with Crippen LogP contribution in [0.5, 0.6) is 0 Å². The summed E-state index contributed by atoms with van der Waals surface area (Å²) in [7, 11) is 2.06. The van der Waals surface area contributed by atoms with E-state index in [1.54, 1.807) is 0 Å². The quantitative estimate of drug-likeness (QED) is 0.775. The smallest absolute Gasteiger partial charge is 0.125 e. The zero-order valence-corrected chi connectivity index (χ0v) is 9.74. The van der Waals surface area contributed by atoms with Gasteiger partial charge in [0.05, 0.1) is 6.04 Å². The Morgan fingerprint density at radius 1 is 1.60 bits per heavy atom. The van der Waals surface area contributed by atoms with Crippen LogP contribution in [0.15, 0.2) is 12.4 Å². The van der Waals surface area contributed by atoms with Crippen molar-refractivity contribution in [2.45, 2.75) is 38.6 Å². The molecule has 1 unspecified atom stereocenters. The number of nitrogens with zero attached hydrogens (tertiary/aromatic N) is 2. The molecule has 0 amide bonds. The van der Waals surface area contributed by atoms with Crippen molar-refractivity contribution >= 4 is 0 Å². The number of nitrogens with one attached hydrogen (secondary N) is 1. The summed E-state index contributed by atoms with van der Waals surface area (Å²) in [6.45, 7) is 3.35. The van der Waals surface area contributed by atoms with Crippen LogP contribution in [0.1, 0.15) is 44.5 Å². The second-order valence-electron chi connectivity index (χ2n) is 4.54. The topological polar surface area (TPSA) is 29.9 Å². The Morgan fingerprint density at radius 2 is 2.40 bits per heavy atom. The van der Waals surface area contributed by atoms with Crippen LogP contribution in [0, 0.1) is 5.92 Å². The fourth-order valence-corrected chi connectivity index (χ4v) is 2.00. The zero-order chi connectivity index (χ0) is 10.7. The summed E-state index contributed by atoms with van der Waals surface area (Å²) in [5, 5.41) is 3.60. The Bertz CT molecular complexity index is 302. The van der Waals surface area contributed by atoms with Crippen molar-refractivity contribution in [1.82, 2.24) is 14.9 Å². The Kier molecular flexibility index (Phi) is 3.41. The minimum atomic E-state index is 0.420. The van der Waals surface area contributed by atoms with Gasteiger partial charge < -0.3 is 9.88 Å². The minimum Gasteiger partial charge on any atom is -0.337 e. The molecule has 1 aliphatic rings. The molecule has 1 fully saturated rings. The highest BCUT2D eigenvalue weighted by Crippen LogP contribution is 2.32. The molecular formula is C12H21N3. The first kappa shape index (κ1) is 10.7. The van der Waals surface area contributed by atoms with Crippen molar-refractivity contribution < 1.29 is 0 Å². The SMILES string of the molecule is CCC(NCCC1CC1)c1nccn1C. The van der Waals surface area contributed by atoms with Crippen molar-refractivity contribution in [3.05, 3.63) is 18.2 Å². The van der Waals surface area contributed by atoms with Gasteiger partial charge in [-0.2, -0.15) is 0 Å².